The van der Waals surface area contributed by atoms with Gasteiger partial charge in [0.25, 0.3) is 0 Å². The van der Waals surface area contributed by atoms with Gasteiger partial charge < -0.3 is 20.5 Å². The van der Waals surface area contributed by atoms with Crippen LogP contribution in [0.25, 0.3) is 0 Å². The third kappa shape index (κ3) is 4.12. The van der Waals surface area contributed by atoms with E-state index in [9.17, 15) is 4.79 Å². The minimum absolute atomic E-state index is 0.0994. The van der Waals surface area contributed by atoms with Crippen molar-refractivity contribution in [3.63, 3.8) is 0 Å². The van der Waals surface area contributed by atoms with Crippen LogP contribution in [0.5, 0.6) is 11.5 Å². The standard InChI is InChI=1S/C17H24N2O3S/c18-12-17(6-1-2-7-17)19-16(20)5-10-23-13-3-4-14-15(11-13)22-9-8-21-14/h3-4,11H,1-2,5-10,12,18H2,(H,19,20). The molecule has 1 aliphatic carbocycles. The molecule has 0 saturated heterocycles. The van der Waals surface area contributed by atoms with E-state index in [-0.39, 0.29) is 11.4 Å². The van der Waals surface area contributed by atoms with Gasteiger partial charge in [-0.2, -0.15) is 0 Å². The van der Waals surface area contributed by atoms with Gasteiger partial charge in [-0.1, -0.05) is 12.8 Å². The first-order chi connectivity index (χ1) is 11.2. The molecule has 1 aliphatic heterocycles. The molecule has 3 rings (SSSR count). The van der Waals surface area contributed by atoms with Gasteiger partial charge in [0, 0.05) is 23.6 Å². The summed E-state index contributed by atoms with van der Waals surface area (Å²) >= 11 is 1.66. The molecule has 0 bridgehead atoms. The van der Waals surface area contributed by atoms with Crippen LogP contribution >= 0.6 is 11.8 Å². The number of nitrogens with two attached hydrogens (primary N) is 1. The van der Waals surface area contributed by atoms with E-state index in [2.05, 4.69) is 5.32 Å². The number of carbonyl (C=O) groups excluding carboxylic acids is 1. The van der Waals surface area contributed by atoms with Gasteiger partial charge in [0.1, 0.15) is 13.2 Å². The van der Waals surface area contributed by atoms with Gasteiger partial charge in [0.15, 0.2) is 11.5 Å². The molecule has 3 N–H and O–H groups in total. The van der Waals surface area contributed by atoms with E-state index in [4.69, 9.17) is 15.2 Å². The zero-order valence-electron chi connectivity index (χ0n) is 13.3. The van der Waals surface area contributed by atoms with Crippen LogP contribution in [0.1, 0.15) is 32.1 Å². The Labute approximate surface area is 141 Å². The highest BCUT2D eigenvalue weighted by molar-refractivity contribution is 7.99. The maximum atomic E-state index is 12.2. The molecule has 0 aromatic heterocycles. The average Bonchev–Trinajstić information content (AvgIpc) is 3.03. The smallest absolute Gasteiger partial charge is 0.221 e. The van der Waals surface area contributed by atoms with Crippen molar-refractivity contribution in [3.05, 3.63) is 18.2 Å². The van der Waals surface area contributed by atoms with Crippen molar-refractivity contribution in [3.8, 4) is 11.5 Å². The lowest BCUT2D eigenvalue weighted by atomic mass is 9.98. The number of thioether (sulfide) groups is 1. The first kappa shape index (κ1) is 16.5. The zero-order chi connectivity index (χ0) is 16.1. The number of amides is 1. The number of carbonyl (C=O) groups is 1. The van der Waals surface area contributed by atoms with Gasteiger partial charge in [-0.05, 0) is 31.0 Å². The van der Waals surface area contributed by atoms with Crippen molar-refractivity contribution < 1.29 is 14.3 Å². The molecule has 1 aromatic carbocycles. The lowest BCUT2D eigenvalue weighted by Crippen LogP contribution is -2.51. The molecule has 126 valence electrons. The summed E-state index contributed by atoms with van der Waals surface area (Å²) in [5.41, 5.74) is 5.70. The van der Waals surface area contributed by atoms with Crippen molar-refractivity contribution in [1.29, 1.82) is 0 Å². The second kappa shape index (κ2) is 7.45. The molecule has 1 aromatic rings. The molecule has 0 radical (unpaired) electrons. The summed E-state index contributed by atoms with van der Waals surface area (Å²) in [7, 11) is 0. The maximum absolute atomic E-state index is 12.2. The molecule has 2 aliphatic rings. The van der Waals surface area contributed by atoms with E-state index >= 15 is 0 Å². The fraction of sp³-hybridized carbons (Fsp3) is 0.588. The predicted molar refractivity (Wildman–Crippen MR) is 91.2 cm³/mol. The first-order valence-corrected chi connectivity index (χ1v) is 9.23. The largest absolute Gasteiger partial charge is 0.486 e. The molecule has 0 unspecified atom stereocenters. The summed E-state index contributed by atoms with van der Waals surface area (Å²) in [5.74, 6) is 2.43. The molecule has 1 fully saturated rings. The predicted octanol–water partition coefficient (Wildman–Crippen LogP) is 2.33. The third-order valence-corrected chi connectivity index (χ3v) is 5.46. The first-order valence-electron chi connectivity index (χ1n) is 8.24. The van der Waals surface area contributed by atoms with Gasteiger partial charge in [-0.25, -0.2) is 0 Å². The van der Waals surface area contributed by atoms with Crippen LogP contribution < -0.4 is 20.5 Å². The lowest BCUT2D eigenvalue weighted by Gasteiger charge is -2.28. The summed E-state index contributed by atoms with van der Waals surface area (Å²) in [6, 6.07) is 5.92. The molecule has 6 heteroatoms. The van der Waals surface area contributed by atoms with Gasteiger partial charge in [0.05, 0.1) is 5.54 Å². The fourth-order valence-corrected chi connectivity index (χ4v) is 4.04. The van der Waals surface area contributed by atoms with Crippen LogP contribution in [0, 0.1) is 0 Å². The van der Waals surface area contributed by atoms with E-state index in [1.54, 1.807) is 11.8 Å². The summed E-state index contributed by atoms with van der Waals surface area (Å²) in [6.07, 6.45) is 4.82. The topological polar surface area (TPSA) is 73.6 Å². The van der Waals surface area contributed by atoms with Gasteiger partial charge in [0.2, 0.25) is 5.91 Å². The van der Waals surface area contributed by atoms with Crippen molar-refractivity contribution in [2.75, 3.05) is 25.5 Å². The van der Waals surface area contributed by atoms with Gasteiger partial charge in [-0.15, -0.1) is 11.8 Å². The van der Waals surface area contributed by atoms with E-state index in [0.29, 0.717) is 26.2 Å². The zero-order valence-corrected chi connectivity index (χ0v) is 14.1. The van der Waals surface area contributed by atoms with E-state index in [1.165, 1.54) is 0 Å². The quantitative estimate of drug-likeness (QED) is 0.780. The summed E-state index contributed by atoms with van der Waals surface area (Å²) in [5, 5.41) is 3.16. The van der Waals surface area contributed by atoms with Crippen LogP contribution in [0.3, 0.4) is 0 Å². The molecule has 0 spiro atoms. The van der Waals surface area contributed by atoms with E-state index in [1.807, 2.05) is 18.2 Å². The average molecular weight is 336 g/mol. The van der Waals surface area contributed by atoms with E-state index < -0.39 is 0 Å². The summed E-state index contributed by atoms with van der Waals surface area (Å²) in [6.45, 7) is 1.72. The minimum Gasteiger partial charge on any atom is -0.486 e. The molecular weight excluding hydrogens is 312 g/mol. The number of rotatable bonds is 6. The van der Waals surface area contributed by atoms with Gasteiger partial charge >= 0.3 is 0 Å². The highest BCUT2D eigenvalue weighted by Gasteiger charge is 2.33. The minimum atomic E-state index is -0.154. The van der Waals surface area contributed by atoms with Crippen molar-refractivity contribution in [2.24, 2.45) is 5.73 Å². The number of hydrogen-bond acceptors (Lipinski definition) is 5. The van der Waals surface area contributed by atoms with Crippen LogP contribution in [0.15, 0.2) is 23.1 Å². The summed E-state index contributed by atoms with van der Waals surface area (Å²) in [4.78, 5) is 13.3. The monoisotopic (exact) mass is 336 g/mol. The second-order valence-electron chi connectivity index (χ2n) is 6.14. The Balaban J connectivity index is 1.46. The molecule has 1 amide bonds. The molecule has 1 saturated carbocycles. The second-order valence-corrected chi connectivity index (χ2v) is 7.31. The highest BCUT2D eigenvalue weighted by atomic mass is 32.2. The Morgan fingerprint density at radius 1 is 1.22 bits per heavy atom. The number of ether oxygens (including phenoxy) is 2. The molecule has 1 heterocycles. The lowest BCUT2D eigenvalue weighted by molar-refractivity contribution is -0.122. The molecule has 0 atom stereocenters. The van der Waals surface area contributed by atoms with Crippen LogP contribution in [0.4, 0.5) is 0 Å². The van der Waals surface area contributed by atoms with E-state index in [0.717, 1.165) is 47.8 Å². The number of fused-ring (bicyclic) bond motifs is 1. The van der Waals surface area contributed by atoms with Crippen molar-refractivity contribution >= 4 is 17.7 Å². The third-order valence-electron chi connectivity index (χ3n) is 4.47. The molecular formula is C17H24N2O3S. The Bertz CT molecular complexity index is 559. The number of hydrogen-bond donors (Lipinski definition) is 2. The molecule has 5 nitrogen and oxygen atoms in total. The van der Waals surface area contributed by atoms with Crippen LogP contribution in [-0.2, 0) is 4.79 Å². The van der Waals surface area contributed by atoms with Crippen LogP contribution in [0.2, 0.25) is 0 Å². The van der Waals surface area contributed by atoms with Crippen molar-refractivity contribution in [1.82, 2.24) is 5.32 Å². The number of benzene rings is 1. The molecule has 23 heavy (non-hydrogen) atoms. The van der Waals surface area contributed by atoms with Gasteiger partial charge in [-0.3, -0.25) is 4.79 Å². The normalized spacial score (nSPS) is 18.7. The SMILES string of the molecule is NCC1(NC(=O)CCSc2ccc3c(c2)OCCO3)CCCC1. The fourth-order valence-electron chi connectivity index (χ4n) is 3.17. The Morgan fingerprint density at radius 2 is 1.96 bits per heavy atom. The number of nitrogens with one attached hydrogen (secondary N) is 1. The van der Waals surface area contributed by atoms with Crippen LogP contribution in [-0.4, -0.2) is 37.0 Å². The van der Waals surface area contributed by atoms with Crippen molar-refractivity contribution in [2.45, 2.75) is 42.5 Å². The Hall–Kier alpha value is -1.40. The summed E-state index contributed by atoms with van der Waals surface area (Å²) < 4.78 is 11.1. The highest BCUT2D eigenvalue weighted by Crippen LogP contribution is 2.34. The Morgan fingerprint density at radius 3 is 2.70 bits per heavy atom. The Kier molecular flexibility index (Phi) is 5.33. The maximum Gasteiger partial charge on any atom is 0.221 e.